The van der Waals surface area contributed by atoms with E-state index in [2.05, 4.69) is 15.3 Å². The zero-order valence-corrected chi connectivity index (χ0v) is 13.7. The van der Waals surface area contributed by atoms with Gasteiger partial charge in [0.05, 0.1) is 10.4 Å². The molecule has 1 aromatic carbocycles. The molecule has 0 saturated carbocycles. The maximum Gasteiger partial charge on any atom is 0.290 e. The Kier molecular flexibility index (Phi) is 3.70. The van der Waals surface area contributed by atoms with Gasteiger partial charge in [0.15, 0.2) is 0 Å². The van der Waals surface area contributed by atoms with E-state index in [4.69, 9.17) is 5.73 Å². The highest BCUT2D eigenvalue weighted by atomic mass is 32.2. The Morgan fingerprint density at radius 3 is 2.68 bits per heavy atom. The van der Waals surface area contributed by atoms with Gasteiger partial charge in [-0.15, -0.1) is 0 Å². The van der Waals surface area contributed by atoms with Gasteiger partial charge < -0.3 is 5.73 Å². The summed E-state index contributed by atoms with van der Waals surface area (Å²) in [6, 6.07) is 11.3. The highest BCUT2D eigenvalue weighted by molar-refractivity contribution is 8.18. The number of nitrogens with zero attached hydrogens (tertiary/aromatic N) is 2. The minimum Gasteiger partial charge on any atom is -0.384 e. The van der Waals surface area contributed by atoms with Gasteiger partial charge in [-0.1, -0.05) is 6.07 Å². The lowest BCUT2D eigenvalue weighted by atomic mass is 10.0. The van der Waals surface area contributed by atoms with Crippen molar-refractivity contribution in [1.29, 1.82) is 0 Å². The van der Waals surface area contributed by atoms with Gasteiger partial charge in [0.2, 0.25) is 0 Å². The van der Waals surface area contributed by atoms with E-state index in [9.17, 15) is 9.59 Å². The van der Waals surface area contributed by atoms with Gasteiger partial charge in [0.1, 0.15) is 5.82 Å². The minimum atomic E-state index is -0.371. The predicted octanol–water partition coefficient (Wildman–Crippen LogP) is 3.20. The fourth-order valence-corrected chi connectivity index (χ4v) is 3.32. The van der Waals surface area contributed by atoms with Gasteiger partial charge in [-0.2, -0.15) is 0 Å². The molecule has 1 fully saturated rings. The standard InChI is InChI=1S/C18H12N4O2S/c19-16-4-2-11(9-21-16)12-5-6-20-14-3-1-10(7-13(12)14)8-15-17(23)22-18(24)25-15/h1-9H,(H2,19,21)(H,22,23,24)/b15-8+. The van der Waals surface area contributed by atoms with Crippen LogP contribution in [-0.4, -0.2) is 21.1 Å². The Morgan fingerprint density at radius 2 is 1.96 bits per heavy atom. The number of pyridine rings is 2. The van der Waals surface area contributed by atoms with Crippen molar-refractivity contribution < 1.29 is 9.59 Å². The number of benzene rings is 1. The lowest BCUT2D eigenvalue weighted by Gasteiger charge is -2.07. The predicted molar refractivity (Wildman–Crippen MR) is 98.5 cm³/mol. The van der Waals surface area contributed by atoms with Crippen LogP contribution in [0.5, 0.6) is 0 Å². The number of carbonyl (C=O) groups excluding carboxylic acids is 2. The Bertz CT molecular complexity index is 1040. The second-order valence-corrected chi connectivity index (χ2v) is 6.47. The quantitative estimate of drug-likeness (QED) is 0.690. The molecule has 3 N–H and O–H groups in total. The molecule has 1 aliphatic rings. The molecule has 3 heterocycles. The monoisotopic (exact) mass is 348 g/mol. The molecule has 3 aromatic rings. The molecule has 25 heavy (non-hydrogen) atoms. The molecule has 2 aromatic heterocycles. The van der Waals surface area contributed by atoms with Crippen LogP contribution >= 0.6 is 11.8 Å². The molecule has 0 atom stereocenters. The number of nitrogens with two attached hydrogens (primary N) is 1. The fraction of sp³-hybridized carbons (Fsp3) is 0. The van der Waals surface area contributed by atoms with Crippen LogP contribution in [0.4, 0.5) is 10.6 Å². The van der Waals surface area contributed by atoms with E-state index in [0.29, 0.717) is 10.7 Å². The number of imide groups is 1. The number of nitrogen functional groups attached to an aromatic ring is 1. The largest absolute Gasteiger partial charge is 0.384 e. The van der Waals surface area contributed by atoms with E-state index in [1.165, 1.54) is 0 Å². The molecule has 1 aliphatic heterocycles. The summed E-state index contributed by atoms with van der Waals surface area (Å²) in [6.45, 7) is 0. The van der Waals surface area contributed by atoms with Crippen molar-refractivity contribution in [2.45, 2.75) is 0 Å². The number of anilines is 1. The SMILES string of the molecule is Nc1ccc(-c2ccnc3ccc(/C=C4/SC(=O)NC4=O)cc23)cn1. The van der Waals surface area contributed by atoms with Crippen molar-refractivity contribution in [3.05, 3.63) is 59.3 Å². The normalized spacial score (nSPS) is 15.8. The summed E-state index contributed by atoms with van der Waals surface area (Å²) in [5, 5.41) is 2.83. The molecule has 7 heteroatoms. The Morgan fingerprint density at radius 1 is 1.08 bits per heavy atom. The summed E-state index contributed by atoms with van der Waals surface area (Å²) in [7, 11) is 0. The first kappa shape index (κ1) is 15.3. The van der Waals surface area contributed by atoms with E-state index >= 15 is 0 Å². The second kappa shape index (κ2) is 6.03. The van der Waals surface area contributed by atoms with Crippen molar-refractivity contribution in [3.63, 3.8) is 0 Å². The number of hydrogen-bond donors (Lipinski definition) is 2. The molecule has 4 rings (SSSR count). The smallest absolute Gasteiger partial charge is 0.290 e. The van der Waals surface area contributed by atoms with Crippen molar-refractivity contribution in [2.24, 2.45) is 0 Å². The third-order valence-corrected chi connectivity index (χ3v) is 4.61. The third-order valence-electron chi connectivity index (χ3n) is 3.80. The first-order chi connectivity index (χ1) is 12.1. The molecule has 0 bridgehead atoms. The third kappa shape index (κ3) is 2.97. The van der Waals surface area contributed by atoms with Crippen molar-refractivity contribution in [1.82, 2.24) is 15.3 Å². The Labute approximate surface area is 147 Å². The number of amides is 2. The molecule has 0 radical (unpaired) electrons. The van der Waals surface area contributed by atoms with Crippen LogP contribution in [-0.2, 0) is 4.79 Å². The number of fused-ring (bicyclic) bond motifs is 1. The molecule has 2 amide bonds. The summed E-state index contributed by atoms with van der Waals surface area (Å²) in [5.41, 5.74) is 9.20. The molecule has 1 saturated heterocycles. The second-order valence-electron chi connectivity index (χ2n) is 5.46. The van der Waals surface area contributed by atoms with Crippen molar-refractivity contribution in [2.75, 3.05) is 5.73 Å². The molecular weight excluding hydrogens is 336 g/mol. The topological polar surface area (TPSA) is 98.0 Å². The lowest BCUT2D eigenvalue weighted by molar-refractivity contribution is -0.115. The average molecular weight is 348 g/mol. The first-order valence-corrected chi connectivity index (χ1v) is 8.27. The van der Waals surface area contributed by atoms with Crippen LogP contribution in [0.2, 0.25) is 0 Å². The van der Waals surface area contributed by atoms with Crippen LogP contribution in [0.15, 0.2) is 53.7 Å². The van der Waals surface area contributed by atoms with Gasteiger partial charge in [0.25, 0.3) is 11.1 Å². The highest BCUT2D eigenvalue weighted by Gasteiger charge is 2.24. The van der Waals surface area contributed by atoms with Gasteiger partial charge in [-0.05, 0) is 59.3 Å². The zero-order chi connectivity index (χ0) is 17.4. The number of carbonyl (C=O) groups is 2. The van der Waals surface area contributed by atoms with Crippen molar-refractivity contribution in [3.8, 4) is 11.1 Å². The summed E-state index contributed by atoms with van der Waals surface area (Å²) in [6.07, 6.45) is 5.15. The Hall–Kier alpha value is -3.19. The number of hydrogen-bond acceptors (Lipinski definition) is 6. The minimum absolute atomic E-state index is 0.354. The first-order valence-electron chi connectivity index (χ1n) is 7.46. The number of aromatic nitrogens is 2. The Balaban J connectivity index is 1.83. The van der Waals surface area contributed by atoms with E-state index in [1.807, 2.05) is 30.3 Å². The van der Waals surface area contributed by atoms with E-state index < -0.39 is 0 Å². The summed E-state index contributed by atoms with van der Waals surface area (Å²) < 4.78 is 0. The lowest BCUT2D eigenvalue weighted by Crippen LogP contribution is -2.17. The molecular formula is C18H12N4O2S. The average Bonchev–Trinajstić information content (AvgIpc) is 2.92. The highest BCUT2D eigenvalue weighted by Crippen LogP contribution is 2.30. The van der Waals surface area contributed by atoms with E-state index in [1.54, 1.807) is 24.5 Å². The summed E-state index contributed by atoms with van der Waals surface area (Å²) in [5.74, 6) is 0.0886. The van der Waals surface area contributed by atoms with E-state index in [0.717, 1.165) is 39.4 Å². The van der Waals surface area contributed by atoms with Gasteiger partial charge >= 0.3 is 0 Å². The van der Waals surface area contributed by atoms with Crippen LogP contribution in [0.1, 0.15) is 5.56 Å². The van der Waals surface area contributed by atoms with Crippen molar-refractivity contribution >= 4 is 45.7 Å². The zero-order valence-electron chi connectivity index (χ0n) is 12.9. The molecule has 0 unspecified atom stereocenters. The summed E-state index contributed by atoms with van der Waals surface area (Å²) in [4.78, 5) is 31.9. The molecule has 0 spiro atoms. The van der Waals surface area contributed by atoms with Gasteiger partial charge in [-0.3, -0.25) is 19.9 Å². The maximum atomic E-state index is 11.7. The number of rotatable bonds is 2. The van der Waals surface area contributed by atoms with Gasteiger partial charge in [0, 0.05) is 23.3 Å². The maximum absolute atomic E-state index is 11.7. The van der Waals surface area contributed by atoms with Crippen LogP contribution in [0, 0.1) is 0 Å². The molecule has 6 nitrogen and oxygen atoms in total. The van der Waals surface area contributed by atoms with Crippen LogP contribution in [0.3, 0.4) is 0 Å². The fourth-order valence-electron chi connectivity index (χ4n) is 2.64. The van der Waals surface area contributed by atoms with Gasteiger partial charge in [-0.25, -0.2) is 4.98 Å². The van der Waals surface area contributed by atoms with E-state index in [-0.39, 0.29) is 11.1 Å². The molecule has 122 valence electrons. The molecule has 0 aliphatic carbocycles. The van der Waals surface area contributed by atoms with Crippen LogP contribution in [0.25, 0.3) is 28.1 Å². The summed E-state index contributed by atoms with van der Waals surface area (Å²) >= 11 is 0.898. The van der Waals surface area contributed by atoms with Crippen LogP contribution < -0.4 is 11.1 Å². The number of thioether (sulfide) groups is 1. The number of nitrogens with one attached hydrogen (secondary N) is 1.